The van der Waals surface area contributed by atoms with Crippen LogP contribution in [-0.4, -0.2) is 48.6 Å². The Morgan fingerprint density at radius 3 is 2.67 bits per heavy atom. The smallest absolute Gasteiger partial charge is 0.168 e. The van der Waals surface area contributed by atoms with Crippen molar-refractivity contribution in [3.63, 3.8) is 0 Å². The van der Waals surface area contributed by atoms with Crippen LogP contribution >= 0.6 is 11.6 Å². The van der Waals surface area contributed by atoms with E-state index in [1.807, 2.05) is 25.8 Å². The molecule has 0 aliphatic carbocycles. The van der Waals surface area contributed by atoms with E-state index in [9.17, 15) is 5.11 Å². The van der Waals surface area contributed by atoms with Crippen LogP contribution in [0.2, 0.25) is 5.02 Å². The number of nitrogens with zero attached hydrogens (tertiary/aromatic N) is 5. The van der Waals surface area contributed by atoms with E-state index in [1.54, 1.807) is 28.9 Å². The Hall–Kier alpha value is -1.70. The number of hydrogen-bond acceptors (Lipinski definition) is 6. The highest BCUT2D eigenvalue weighted by Crippen LogP contribution is 2.35. The van der Waals surface area contributed by atoms with Crippen molar-refractivity contribution in [3.8, 4) is 5.75 Å². The molecule has 0 spiro atoms. The predicted molar refractivity (Wildman–Crippen MR) is 89.6 cm³/mol. The van der Waals surface area contributed by atoms with Crippen molar-refractivity contribution in [3.05, 3.63) is 35.1 Å². The molecule has 1 N–H and O–H groups in total. The van der Waals surface area contributed by atoms with Crippen molar-refractivity contribution < 1.29 is 9.84 Å². The van der Waals surface area contributed by atoms with E-state index in [4.69, 9.17) is 16.3 Å². The van der Waals surface area contributed by atoms with Crippen LogP contribution in [0.5, 0.6) is 5.75 Å². The number of ether oxygens (including phenoxy) is 1. The summed E-state index contributed by atoms with van der Waals surface area (Å²) in [5.41, 5.74) is -0.803. The molecule has 2 heterocycles. The van der Waals surface area contributed by atoms with Gasteiger partial charge in [-0.3, -0.25) is 4.90 Å². The number of aryl methyl sites for hydroxylation is 1. The van der Waals surface area contributed by atoms with Gasteiger partial charge in [0.25, 0.3) is 0 Å². The highest BCUT2D eigenvalue weighted by atomic mass is 35.5. The van der Waals surface area contributed by atoms with Gasteiger partial charge in [0.2, 0.25) is 0 Å². The molecule has 1 aliphatic heterocycles. The van der Waals surface area contributed by atoms with Crippen LogP contribution in [0.25, 0.3) is 0 Å². The van der Waals surface area contributed by atoms with Gasteiger partial charge < -0.3 is 9.84 Å². The molecule has 2 aromatic rings. The lowest BCUT2D eigenvalue weighted by atomic mass is 10.0. The molecule has 1 unspecified atom stereocenters. The maximum absolute atomic E-state index is 10.9. The molecule has 0 radical (unpaired) electrons. The third kappa shape index (κ3) is 3.38. The number of aliphatic hydroxyl groups excluding tert-OH is 1. The van der Waals surface area contributed by atoms with Gasteiger partial charge in [-0.15, -0.1) is 5.10 Å². The first-order valence-corrected chi connectivity index (χ1v) is 8.37. The molecule has 0 amide bonds. The highest BCUT2D eigenvalue weighted by molar-refractivity contribution is 6.30. The fourth-order valence-corrected chi connectivity index (χ4v) is 3.26. The van der Waals surface area contributed by atoms with E-state index >= 15 is 0 Å². The number of aliphatic hydroxyl groups is 1. The Balaban J connectivity index is 1.77. The molecule has 2 atom stereocenters. The molecule has 1 aliphatic rings. The van der Waals surface area contributed by atoms with Crippen molar-refractivity contribution >= 4 is 11.6 Å². The van der Waals surface area contributed by atoms with Gasteiger partial charge in [0.15, 0.2) is 5.82 Å². The Morgan fingerprint density at radius 1 is 1.33 bits per heavy atom. The van der Waals surface area contributed by atoms with Crippen LogP contribution in [0.4, 0.5) is 0 Å². The Labute approximate surface area is 146 Å². The van der Waals surface area contributed by atoms with Gasteiger partial charge in [-0.1, -0.05) is 11.6 Å². The summed E-state index contributed by atoms with van der Waals surface area (Å²) in [5, 5.41) is 23.3. The molecule has 8 heteroatoms. The maximum atomic E-state index is 10.9. The Morgan fingerprint density at radius 2 is 2.04 bits per heavy atom. The molecule has 1 aromatic heterocycles. The number of rotatable bonds is 5. The summed E-state index contributed by atoms with van der Waals surface area (Å²) < 4.78 is 7.67. The lowest BCUT2D eigenvalue weighted by molar-refractivity contribution is -0.124. The number of tetrazole rings is 1. The van der Waals surface area contributed by atoms with Gasteiger partial charge in [-0.2, -0.15) is 0 Å². The summed E-state index contributed by atoms with van der Waals surface area (Å²) in [7, 11) is 1.81. The second-order valence-corrected chi connectivity index (χ2v) is 7.03. The monoisotopic (exact) mass is 351 g/mol. The molecule has 1 fully saturated rings. The van der Waals surface area contributed by atoms with Crippen LogP contribution in [0.1, 0.15) is 38.6 Å². The summed E-state index contributed by atoms with van der Waals surface area (Å²) >= 11 is 5.91. The van der Waals surface area contributed by atoms with E-state index in [2.05, 4.69) is 15.5 Å². The van der Waals surface area contributed by atoms with E-state index < -0.39 is 11.8 Å². The van der Waals surface area contributed by atoms with Crippen LogP contribution < -0.4 is 4.74 Å². The van der Waals surface area contributed by atoms with E-state index in [0.717, 1.165) is 25.2 Å². The molecule has 130 valence electrons. The average Bonchev–Trinajstić information content (AvgIpc) is 3.16. The van der Waals surface area contributed by atoms with Gasteiger partial charge in [-0.25, -0.2) is 4.68 Å². The van der Waals surface area contributed by atoms with Crippen molar-refractivity contribution in [1.29, 1.82) is 0 Å². The number of likely N-dealkylation sites (tertiary alicyclic amines) is 1. The fourth-order valence-electron chi connectivity index (χ4n) is 3.14. The summed E-state index contributed by atoms with van der Waals surface area (Å²) in [6.07, 6.45) is 1.09. The summed E-state index contributed by atoms with van der Waals surface area (Å²) in [4.78, 5) is 2.00. The van der Waals surface area contributed by atoms with Crippen molar-refractivity contribution in [2.45, 2.75) is 44.6 Å². The second kappa shape index (κ2) is 6.66. The molecular formula is C16H22ClN5O2. The third-order valence-electron chi connectivity index (χ3n) is 4.38. The summed E-state index contributed by atoms with van der Waals surface area (Å²) in [6, 6.07) is 7.11. The molecule has 3 rings (SSSR count). The SMILES string of the molecule is Cn1nnnc1[C@@H]1CCCN1C(O)C(C)(C)Oc1ccc(Cl)cc1. The van der Waals surface area contributed by atoms with Gasteiger partial charge in [-0.05, 0) is 61.4 Å². The Kier molecular flexibility index (Phi) is 4.76. The number of halogens is 1. The van der Waals surface area contributed by atoms with Crippen LogP contribution in [-0.2, 0) is 7.05 Å². The molecular weight excluding hydrogens is 330 g/mol. The third-order valence-corrected chi connectivity index (χ3v) is 4.63. The molecule has 0 saturated carbocycles. The lowest BCUT2D eigenvalue weighted by Crippen LogP contribution is -2.52. The summed E-state index contributed by atoms with van der Waals surface area (Å²) in [6.45, 7) is 4.51. The topological polar surface area (TPSA) is 76.3 Å². The maximum Gasteiger partial charge on any atom is 0.168 e. The normalized spacial score (nSPS) is 20.3. The minimum atomic E-state index is -0.803. The quantitative estimate of drug-likeness (QED) is 0.889. The zero-order valence-electron chi connectivity index (χ0n) is 14.1. The fraction of sp³-hybridized carbons (Fsp3) is 0.562. The lowest BCUT2D eigenvalue weighted by Gasteiger charge is -2.39. The van der Waals surface area contributed by atoms with Gasteiger partial charge in [0.05, 0.1) is 6.04 Å². The summed E-state index contributed by atoms with van der Waals surface area (Å²) in [5.74, 6) is 1.42. The first kappa shape index (κ1) is 17.1. The highest BCUT2D eigenvalue weighted by Gasteiger charge is 2.42. The Bertz CT molecular complexity index is 688. The number of benzene rings is 1. The predicted octanol–water partition coefficient (Wildman–Crippen LogP) is 2.18. The van der Waals surface area contributed by atoms with E-state index in [0.29, 0.717) is 10.8 Å². The van der Waals surface area contributed by atoms with Crippen LogP contribution in [0.15, 0.2) is 24.3 Å². The van der Waals surface area contributed by atoms with Gasteiger partial charge in [0, 0.05) is 18.6 Å². The average molecular weight is 352 g/mol. The minimum Gasteiger partial charge on any atom is -0.484 e. The standard InChI is InChI=1S/C16H22ClN5O2/c1-16(2,24-12-8-6-11(17)7-9-12)15(23)22-10-4-5-13(22)14-18-19-20-21(14)3/h6-9,13,15,23H,4-5,10H2,1-3H3/t13-,15?/m0/s1. The minimum absolute atomic E-state index is 0.0203. The first-order valence-electron chi connectivity index (χ1n) is 7.99. The number of hydrogen-bond donors (Lipinski definition) is 1. The number of aromatic nitrogens is 4. The second-order valence-electron chi connectivity index (χ2n) is 6.59. The molecule has 1 saturated heterocycles. The zero-order valence-corrected chi connectivity index (χ0v) is 14.8. The van der Waals surface area contributed by atoms with E-state index in [1.165, 1.54) is 0 Å². The van der Waals surface area contributed by atoms with Crippen molar-refractivity contribution in [2.75, 3.05) is 6.54 Å². The molecule has 7 nitrogen and oxygen atoms in total. The zero-order chi connectivity index (χ0) is 17.3. The van der Waals surface area contributed by atoms with Crippen LogP contribution in [0, 0.1) is 0 Å². The van der Waals surface area contributed by atoms with Crippen molar-refractivity contribution in [2.24, 2.45) is 7.05 Å². The molecule has 24 heavy (non-hydrogen) atoms. The molecule has 1 aromatic carbocycles. The van der Waals surface area contributed by atoms with Gasteiger partial charge >= 0.3 is 0 Å². The first-order chi connectivity index (χ1) is 11.4. The molecule has 0 bridgehead atoms. The van der Waals surface area contributed by atoms with E-state index in [-0.39, 0.29) is 6.04 Å². The van der Waals surface area contributed by atoms with Crippen molar-refractivity contribution in [1.82, 2.24) is 25.1 Å². The largest absolute Gasteiger partial charge is 0.484 e. The van der Waals surface area contributed by atoms with Crippen LogP contribution in [0.3, 0.4) is 0 Å². The van der Waals surface area contributed by atoms with Gasteiger partial charge in [0.1, 0.15) is 17.6 Å².